The zero-order chi connectivity index (χ0) is 15.7. The van der Waals surface area contributed by atoms with Crippen molar-refractivity contribution in [1.29, 1.82) is 0 Å². The number of esters is 1. The third-order valence-corrected chi connectivity index (χ3v) is 2.84. The molecule has 0 saturated heterocycles. The van der Waals surface area contributed by atoms with Crippen molar-refractivity contribution in [2.75, 3.05) is 13.2 Å². The third-order valence-electron chi connectivity index (χ3n) is 2.84. The van der Waals surface area contributed by atoms with Crippen LogP contribution in [-0.4, -0.2) is 41.0 Å². The molecule has 0 bridgehead atoms. The molecule has 0 aliphatic heterocycles. The Labute approximate surface area is 125 Å². The number of rotatable bonds is 8. The van der Waals surface area contributed by atoms with Gasteiger partial charge in [-0.3, -0.25) is 14.6 Å². The number of amides is 1. The van der Waals surface area contributed by atoms with Crippen molar-refractivity contribution in [3.63, 3.8) is 0 Å². The summed E-state index contributed by atoms with van der Waals surface area (Å²) in [7, 11) is 0. The second-order valence-electron chi connectivity index (χ2n) is 4.91. The highest BCUT2D eigenvalue weighted by atomic mass is 16.5. The molecular weight excluding hydrogens is 270 g/mol. The van der Waals surface area contributed by atoms with Crippen molar-refractivity contribution in [3.05, 3.63) is 30.1 Å². The minimum absolute atomic E-state index is 0.0712. The van der Waals surface area contributed by atoms with Crippen LogP contribution in [-0.2, 0) is 20.9 Å². The Kier molecular flexibility index (Phi) is 7.39. The number of ether oxygens (including phenoxy) is 1. The Bertz CT molecular complexity index is 449. The molecule has 1 aromatic rings. The summed E-state index contributed by atoms with van der Waals surface area (Å²) in [4.78, 5) is 29.3. The average molecular weight is 293 g/mol. The van der Waals surface area contributed by atoms with Crippen LogP contribution in [0.25, 0.3) is 0 Å². The molecule has 1 rings (SSSR count). The van der Waals surface area contributed by atoms with Crippen molar-refractivity contribution in [3.8, 4) is 0 Å². The van der Waals surface area contributed by atoms with Gasteiger partial charge in [-0.1, -0.05) is 6.07 Å². The fraction of sp³-hybridized carbons (Fsp3) is 0.533. The normalized spacial score (nSPS) is 11.8. The average Bonchev–Trinajstić information content (AvgIpc) is 2.44. The van der Waals surface area contributed by atoms with Crippen LogP contribution in [0.2, 0.25) is 0 Å². The molecule has 0 radical (unpaired) electrons. The molecule has 0 spiro atoms. The summed E-state index contributed by atoms with van der Waals surface area (Å²) in [6.07, 6.45) is 3.81. The molecule has 0 fully saturated rings. The number of aromatic nitrogens is 1. The van der Waals surface area contributed by atoms with Crippen LogP contribution >= 0.6 is 0 Å². The highest BCUT2D eigenvalue weighted by Crippen LogP contribution is 2.07. The minimum Gasteiger partial charge on any atom is -0.466 e. The smallest absolute Gasteiger partial charge is 0.307 e. The predicted octanol–water partition coefficient (Wildman–Crippen LogP) is 1.10. The molecule has 0 aliphatic rings. The van der Waals surface area contributed by atoms with Gasteiger partial charge in [0.05, 0.1) is 13.0 Å². The van der Waals surface area contributed by atoms with Gasteiger partial charge in [0, 0.05) is 37.9 Å². The molecule has 1 amide bonds. The molecule has 116 valence electrons. The number of nitrogens with zero attached hydrogens (tertiary/aromatic N) is 2. The van der Waals surface area contributed by atoms with Gasteiger partial charge in [-0.2, -0.15) is 0 Å². The monoisotopic (exact) mass is 293 g/mol. The molecule has 1 atom stereocenters. The van der Waals surface area contributed by atoms with Crippen LogP contribution in [0.1, 0.15) is 32.3 Å². The minimum atomic E-state index is -0.303. The van der Waals surface area contributed by atoms with Crippen LogP contribution in [0.5, 0.6) is 0 Å². The van der Waals surface area contributed by atoms with Gasteiger partial charge in [-0.25, -0.2) is 0 Å². The quantitative estimate of drug-likeness (QED) is 0.725. The summed E-state index contributed by atoms with van der Waals surface area (Å²) >= 11 is 0. The standard InChI is InChI=1S/C15H23N3O3/c1-3-21-15(20)6-8-18(14(19)9-12(2)16)11-13-5-4-7-17-10-13/h4-5,7,10,12H,3,6,8-9,11,16H2,1-2H3. The van der Waals surface area contributed by atoms with E-state index >= 15 is 0 Å². The first-order valence-electron chi connectivity index (χ1n) is 7.10. The first-order chi connectivity index (χ1) is 10.0. The fourth-order valence-electron chi connectivity index (χ4n) is 1.87. The first-order valence-corrected chi connectivity index (χ1v) is 7.10. The predicted molar refractivity (Wildman–Crippen MR) is 79.2 cm³/mol. The maximum Gasteiger partial charge on any atom is 0.307 e. The van der Waals surface area contributed by atoms with Crippen molar-refractivity contribution < 1.29 is 14.3 Å². The van der Waals surface area contributed by atoms with Gasteiger partial charge in [-0.15, -0.1) is 0 Å². The second-order valence-corrected chi connectivity index (χ2v) is 4.91. The second kappa shape index (κ2) is 9.07. The molecule has 0 aromatic carbocycles. The van der Waals surface area contributed by atoms with Gasteiger partial charge < -0.3 is 15.4 Å². The Morgan fingerprint density at radius 1 is 1.48 bits per heavy atom. The zero-order valence-corrected chi connectivity index (χ0v) is 12.6. The van der Waals surface area contributed by atoms with Gasteiger partial charge in [0.15, 0.2) is 0 Å². The van der Waals surface area contributed by atoms with Crippen molar-refractivity contribution in [2.24, 2.45) is 5.73 Å². The van der Waals surface area contributed by atoms with Gasteiger partial charge in [0.2, 0.25) is 5.91 Å². The molecule has 0 saturated carbocycles. The first kappa shape index (κ1) is 17.1. The topological polar surface area (TPSA) is 85.5 Å². The number of nitrogens with two attached hydrogens (primary N) is 1. The summed E-state index contributed by atoms with van der Waals surface area (Å²) < 4.78 is 4.89. The summed E-state index contributed by atoms with van der Waals surface area (Å²) in [6.45, 7) is 4.62. The summed E-state index contributed by atoms with van der Waals surface area (Å²) in [5.41, 5.74) is 6.59. The largest absolute Gasteiger partial charge is 0.466 e. The van der Waals surface area contributed by atoms with Crippen LogP contribution in [0.4, 0.5) is 0 Å². The zero-order valence-electron chi connectivity index (χ0n) is 12.6. The number of carbonyl (C=O) groups excluding carboxylic acids is 2. The summed E-state index contributed by atoms with van der Waals surface area (Å²) in [6, 6.07) is 3.50. The van der Waals surface area contributed by atoms with E-state index in [1.165, 1.54) is 0 Å². The van der Waals surface area contributed by atoms with E-state index in [2.05, 4.69) is 4.98 Å². The number of carbonyl (C=O) groups is 2. The molecule has 6 nitrogen and oxygen atoms in total. The highest BCUT2D eigenvalue weighted by molar-refractivity contribution is 5.77. The van der Waals surface area contributed by atoms with E-state index in [0.717, 1.165) is 5.56 Å². The maximum absolute atomic E-state index is 12.2. The summed E-state index contributed by atoms with van der Waals surface area (Å²) in [5, 5.41) is 0. The van der Waals surface area contributed by atoms with Crippen LogP contribution < -0.4 is 5.73 Å². The van der Waals surface area contributed by atoms with Crippen molar-refractivity contribution in [2.45, 2.75) is 39.3 Å². The van der Waals surface area contributed by atoms with Gasteiger partial charge in [0.1, 0.15) is 0 Å². The van der Waals surface area contributed by atoms with E-state index < -0.39 is 0 Å². The molecule has 1 heterocycles. The lowest BCUT2D eigenvalue weighted by Gasteiger charge is -2.23. The molecule has 6 heteroatoms. The molecule has 2 N–H and O–H groups in total. The molecular formula is C15H23N3O3. The van der Waals surface area contributed by atoms with E-state index in [1.807, 2.05) is 12.1 Å². The van der Waals surface area contributed by atoms with Gasteiger partial charge >= 0.3 is 5.97 Å². The fourth-order valence-corrected chi connectivity index (χ4v) is 1.87. The highest BCUT2D eigenvalue weighted by Gasteiger charge is 2.17. The van der Waals surface area contributed by atoms with E-state index in [4.69, 9.17) is 10.5 Å². The third kappa shape index (κ3) is 6.85. The van der Waals surface area contributed by atoms with Crippen LogP contribution in [0.3, 0.4) is 0 Å². The van der Waals surface area contributed by atoms with Gasteiger partial charge in [0.25, 0.3) is 0 Å². The molecule has 0 aliphatic carbocycles. The summed E-state index contributed by atoms with van der Waals surface area (Å²) in [5.74, 6) is -0.375. The Morgan fingerprint density at radius 3 is 2.81 bits per heavy atom. The van der Waals surface area contributed by atoms with Gasteiger partial charge in [-0.05, 0) is 25.5 Å². The lowest BCUT2D eigenvalue weighted by molar-refractivity contribution is -0.144. The van der Waals surface area contributed by atoms with E-state index in [1.54, 1.807) is 31.1 Å². The van der Waals surface area contributed by atoms with E-state index in [-0.39, 0.29) is 30.8 Å². The lowest BCUT2D eigenvalue weighted by Crippen LogP contribution is -2.36. The van der Waals surface area contributed by atoms with E-state index in [0.29, 0.717) is 19.7 Å². The lowest BCUT2D eigenvalue weighted by atomic mass is 10.2. The van der Waals surface area contributed by atoms with Crippen LogP contribution in [0.15, 0.2) is 24.5 Å². The van der Waals surface area contributed by atoms with E-state index in [9.17, 15) is 9.59 Å². The van der Waals surface area contributed by atoms with Crippen molar-refractivity contribution in [1.82, 2.24) is 9.88 Å². The SMILES string of the molecule is CCOC(=O)CCN(Cc1cccnc1)C(=O)CC(C)N. The Morgan fingerprint density at radius 2 is 2.24 bits per heavy atom. The van der Waals surface area contributed by atoms with Crippen LogP contribution in [0, 0.1) is 0 Å². The Hall–Kier alpha value is -1.95. The maximum atomic E-state index is 12.2. The number of hydrogen-bond acceptors (Lipinski definition) is 5. The Balaban J connectivity index is 2.65. The molecule has 1 aromatic heterocycles. The number of hydrogen-bond donors (Lipinski definition) is 1. The molecule has 21 heavy (non-hydrogen) atoms. The molecule has 1 unspecified atom stereocenters. The number of pyridine rings is 1. The van der Waals surface area contributed by atoms with Crippen molar-refractivity contribution >= 4 is 11.9 Å².